The molecule has 1 heteroatoms. The highest BCUT2D eigenvalue weighted by molar-refractivity contribution is 5.96. The van der Waals surface area contributed by atoms with E-state index in [0.717, 1.165) is 12.0 Å². The lowest BCUT2D eigenvalue weighted by Gasteiger charge is -2.32. The third kappa shape index (κ3) is 1.35. The van der Waals surface area contributed by atoms with Gasteiger partial charge in [-0.1, -0.05) is 30.6 Å². The molecule has 2 rings (SSSR count). The fourth-order valence-electron chi connectivity index (χ4n) is 3.15. The molecule has 1 fully saturated rings. The zero-order valence-electron chi connectivity index (χ0n) is 9.10. The van der Waals surface area contributed by atoms with Crippen LogP contribution in [0.15, 0.2) is 23.3 Å². The first-order chi connectivity index (χ1) is 6.66. The van der Waals surface area contributed by atoms with E-state index in [1.807, 2.05) is 0 Å². The summed E-state index contributed by atoms with van der Waals surface area (Å²) in [7, 11) is 0. The van der Waals surface area contributed by atoms with E-state index in [2.05, 4.69) is 19.1 Å². The van der Waals surface area contributed by atoms with Crippen molar-refractivity contribution in [2.45, 2.75) is 46.0 Å². The van der Waals surface area contributed by atoms with Crippen LogP contribution in [0.4, 0.5) is 0 Å². The Bertz CT molecular complexity index is 314. The minimum absolute atomic E-state index is 0.133. The lowest BCUT2D eigenvalue weighted by molar-refractivity contribution is -0.114. The SMILES string of the molecule is CC(=O)C1=C(C)CC=CC12CCCC2. The first-order valence-electron chi connectivity index (χ1n) is 5.55. The fraction of sp³-hybridized carbons (Fsp3) is 0.615. The number of allylic oxidation sites excluding steroid dienone is 4. The molecule has 0 amide bonds. The molecular formula is C13H18O. The maximum atomic E-state index is 11.7. The number of hydrogen-bond donors (Lipinski definition) is 0. The van der Waals surface area contributed by atoms with Gasteiger partial charge in [0.1, 0.15) is 0 Å². The van der Waals surface area contributed by atoms with Gasteiger partial charge in [0.2, 0.25) is 0 Å². The molecule has 2 aliphatic rings. The summed E-state index contributed by atoms with van der Waals surface area (Å²) in [5, 5.41) is 0. The van der Waals surface area contributed by atoms with E-state index >= 15 is 0 Å². The van der Waals surface area contributed by atoms with Gasteiger partial charge >= 0.3 is 0 Å². The first-order valence-corrected chi connectivity index (χ1v) is 5.55. The van der Waals surface area contributed by atoms with E-state index in [-0.39, 0.29) is 11.2 Å². The lowest BCUT2D eigenvalue weighted by atomic mass is 9.71. The van der Waals surface area contributed by atoms with E-state index in [9.17, 15) is 4.79 Å². The number of carbonyl (C=O) groups excluding carboxylic acids is 1. The van der Waals surface area contributed by atoms with Crippen molar-refractivity contribution in [3.8, 4) is 0 Å². The van der Waals surface area contributed by atoms with Gasteiger partial charge < -0.3 is 0 Å². The number of carbonyl (C=O) groups is 1. The van der Waals surface area contributed by atoms with Crippen LogP contribution in [0.3, 0.4) is 0 Å². The third-order valence-electron chi connectivity index (χ3n) is 3.63. The zero-order chi connectivity index (χ0) is 10.2. The molecule has 1 nitrogen and oxygen atoms in total. The summed E-state index contributed by atoms with van der Waals surface area (Å²) in [6.45, 7) is 3.83. The minimum atomic E-state index is 0.133. The van der Waals surface area contributed by atoms with E-state index in [4.69, 9.17) is 0 Å². The monoisotopic (exact) mass is 190 g/mol. The zero-order valence-corrected chi connectivity index (χ0v) is 9.10. The molecule has 0 aromatic heterocycles. The highest BCUT2D eigenvalue weighted by Gasteiger charge is 2.39. The Morgan fingerprint density at radius 2 is 2.00 bits per heavy atom. The average molecular weight is 190 g/mol. The van der Waals surface area contributed by atoms with Gasteiger partial charge in [-0.05, 0) is 33.1 Å². The van der Waals surface area contributed by atoms with Gasteiger partial charge in [0.25, 0.3) is 0 Å². The van der Waals surface area contributed by atoms with E-state index in [1.54, 1.807) is 6.92 Å². The standard InChI is InChI=1S/C13H18O/c1-10-6-5-9-13(7-3-4-8-13)12(10)11(2)14/h5,9H,3-4,6-8H2,1-2H3. The average Bonchev–Trinajstić information content (AvgIpc) is 2.53. The molecule has 0 atom stereocenters. The molecule has 0 N–H and O–H groups in total. The smallest absolute Gasteiger partial charge is 0.156 e. The summed E-state index contributed by atoms with van der Waals surface area (Å²) in [4.78, 5) is 11.7. The van der Waals surface area contributed by atoms with Crippen molar-refractivity contribution in [1.29, 1.82) is 0 Å². The van der Waals surface area contributed by atoms with Crippen LogP contribution in [0.2, 0.25) is 0 Å². The lowest BCUT2D eigenvalue weighted by Crippen LogP contribution is -2.24. The molecule has 14 heavy (non-hydrogen) atoms. The van der Waals surface area contributed by atoms with E-state index in [1.165, 1.54) is 31.3 Å². The van der Waals surface area contributed by atoms with Gasteiger partial charge in [-0.15, -0.1) is 0 Å². The predicted molar refractivity (Wildman–Crippen MR) is 58.0 cm³/mol. The Hall–Kier alpha value is -0.850. The molecule has 0 unspecified atom stereocenters. The Balaban J connectivity index is 2.43. The highest BCUT2D eigenvalue weighted by atomic mass is 16.1. The molecule has 0 bridgehead atoms. The van der Waals surface area contributed by atoms with Crippen LogP contribution in [-0.4, -0.2) is 5.78 Å². The summed E-state index contributed by atoms with van der Waals surface area (Å²) >= 11 is 0. The normalized spacial score (nSPS) is 24.7. The maximum Gasteiger partial charge on any atom is 0.156 e. The second-order valence-electron chi connectivity index (χ2n) is 4.68. The molecule has 0 aliphatic heterocycles. The topological polar surface area (TPSA) is 17.1 Å². The summed E-state index contributed by atoms with van der Waals surface area (Å²) in [6, 6.07) is 0. The molecule has 0 saturated heterocycles. The van der Waals surface area contributed by atoms with Crippen LogP contribution in [0.5, 0.6) is 0 Å². The van der Waals surface area contributed by atoms with Crippen molar-refractivity contribution in [3.63, 3.8) is 0 Å². The predicted octanol–water partition coefficient (Wildman–Crippen LogP) is 3.41. The maximum absolute atomic E-state index is 11.7. The molecule has 1 spiro atoms. The summed E-state index contributed by atoms with van der Waals surface area (Å²) in [5.41, 5.74) is 2.55. The minimum Gasteiger partial charge on any atom is -0.295 e. The first kappa shape index (κ1) is 9.70. The summed E-state index contributed by atoms with van der Waals surface area (Å²) in [5.74, 6) is 0.286. The fourth-order valence-corrected chi connectivity index (χ4v) is 3.15. The van der Waals surface area contributed by atoms with Crippen molar-refractivity contribution < 1.29 is 4.79 Å². The van der Waals surface area contributed by atoms with Gasteiger partial charge in [0, 0.05) is 11.0 Å². The second kappa shape index (κ2) is 3.38. The number of hydrogen-bond acceptors (Lipinski definition) is 1. The van der Waals surface area contributed by atoms with E-state index in [0.29, 0.717) is 0 Å². The van der Waals surface area contributed by atoms with Gasteiger partial charge in [0.15, 0.2) is 5.78 Å². The second-order valence-corrected chi connectivity index (χ2v) is 4.68. The Morgan fingerprint density at radius 1 is 1.36 bits per heavy atom. The van der Waals surface area contributed by atoms with Crippen molar-refractivity contribution >= 4 is 5.78 Å². The van der Waals surface area contributed by atoms with Gasteiger partial charge in [-0.25, -0.2) is 0 Å². The van der Waals surface area contributed by atoms with Crippen LogP contribution in [0.1, 0.15) is 46.0 Å². The molecule has 0 radical (unpaired) electrons. The van der Waals surface area contributed by atoms with Gasteiger partial charge in [0.05, 0.1) is 0 Å². The molecule has 76 valence electrons. The van der Waals surface area contributed by atoms with Crippen LogP contribution in [0, 0.1) is 5.41 Å². The van der Waals surface area contributed by atoms with Crippen LogP contribution in [0.25, 0.3) is 0 Å². The largest absolute Gasteiger partial charge is 0.295 e. The Labute approximate surface area is 85.9 Å². The van der Waals surface area contributed by atoms with Gasteiger partial charge in [-0.3, -0.25) is 4.79 Å². The number of rotatable bonds is 1. The van der Waals surface area contributed by atoms with Crippen molar-refractivity contribution in [2.75, 3.05) is 0 Å². The van der Waals surface area contributed by atoms with Crippen LogP contribution in [-0.2, 0) is 4.79 Å². The van der Waals surface area contributed by atoms with E-state index < -0.39 is 0 Å². The molecular weight excluding hydrogens is 172 g/mol. The van der Waals surface area contributed by atoms with Crippen molar-refractivity contribution in [2.24, 2.45) is 5.41 Å². The van der Waals surface area contributed by atoms with Crippen molar-refractivity contribution in [3.05, 3.63) is 23.3 Å². The number of Topliss-reactive ketones (excluding diaryl/α,β-unsaturated/α-hetero) is 1. The number of ketones is 1. The molecule has 0 aromatic carbocycles. The van der Waals surface area contributed by atoms with Crippen LogP contribution >= 0.6 is 0 Å². The quantitative estimate of drug-likeness (QED) is 0.579. The molecule has 1 saturated carbocycles. The molecule has 0 aromatic rings. The summed E-state index contributed by atoms with van der Waals surface area (Å²) in [6.07, 6.45) is 10.4. The van der Waals surface area contributed by atoms with Crippen molar-refractivity contribution in [1.82, 2.24) is 0 Å². The summed E-state index contributed by atoms with van der Waals surface area (Å²) < 4.78 is 0. The molecule has 2 aliphatic carbocycles. The third-order valence-corrected chi connectivity index (χ3v) is 3.63. The van der Waals surface area contributed by atoms with Crippen LogP contribution < -0.4 is 0 Å². The Kier molecular flexibility index (Phi) is 2.34. The molecule has 0 heterocycles. The highest BCUT2D eigenvalue weighted by Crippen LogP contribution is 2.49. The Morgan fingerprint density at radius 3 is 2.57 bits per heavy atom. The van der Waals surface area contributed by atoms with Gasteiger partial charge in [-0.2, -0.15) is 0 Å².